The predicted molar refractivity (Wildman–Crippen MR) is 81.9 cm³/mol. The van der Waals surface area contributed by atoms with Crippen LogP contribution in [0, 0.1) is 12.7 Å². The van der Waals surface area contributed by atoms with Crippen LogP contribution >= 0.6 is 0 Å². The lowest BCUT2D eigenvalue weighted by atomic mass is 10.1. The molecule has 0 bridgehead atoms. The highest BCUT2D eigenvalue weighted by Crippen LogP contribution is 2.28. The van der Waals surface area contributed by atoms with Crippen LogP contribution in [0.2, 0.25) is 0 Å². The molecule has 1 saturated carbocycles. The van der Waals surface area contributed by atoms with Crippen LogP contribution in [0.4, 0.5) is 4.39 Å². The van der Waals surface area contributed by atoms with Gasteiger partial charge < -0.3 is 9.73 Å². The zero-order chi connectivity index (χ0) is 15.0. The topological polar surface area (TPSA) is 38.1 Å². The van der Waals surface area contributed by atoms with Crippen LogP contribution in [0.15, 0.2) is 10.5 Å². The van der Waals surface area contributed by atoms with Gasteiger partial charge in [0.25, 0.3) is 0 Å². The molecule has 1 heterocycles. The van der Waals surface area contributed by atoms with Crippen LogP contribution in [-0.2, 0) is 6.54 Å². The second-order valence-corrected chi connectivity index (χ2v) is 6.39. The molecule has 4 heteroatoms. The van der Waals surface area contributed by atoms with E-state index in [1.165, 1.54) is 25.7 Å². The standard InChI is InChI=1S/C17H23FN2O/c1-10(2)17-20-14-8-12(9-19-13-6-4-5-7-13)15(18)11(3)16(14)21-17/h8,10,13,19H,4-7,9H2,1-3H3. The number of benzene rings is 1. The maximum atomic E-state index is 14.5. The average Bonchev–Trinajstić information content (AvgIpc) is 3.10. The molecule has 3 nitrogen and oxygen atoms in total. The summed E-state index contributed by atoms with van der Waals surface area (Å²) in [6.45, 7) is 6.39. The van der Waals surface area contributed by atoms with Gasteiger partial charge in [-0.3, -0.25) is 0 Å². The number of hydrogen-bond donors (Lipinski definition) is 1. The molecule has 114 valence electrons. The summed E-state index contributed by atoms with van der Waals surface area (Å²) in [4.78, 5) is 4.49. The van der Waals surface area contributed by atoms with Gasteiger partial charge in [0.05, 0.1) is 0 Å². The Morgan fingerprint density at radius 3 is 2.76 bits per heavy atom. The molecule has 0 atom stereocenters. The van der Waals surface area contributed by atoms with Crippen molar-refractivity contribution in [3.8, 4) is 0 Å². The molecule has 1 N–H and O–H groups in total. The molecule has 21 heavy (non-hydrogen) atoms. The monoisotopic (exact) mass is 290 g/mol. The van der Waals surface area contributed by atoms with Gasteiger partial charge in [0, 0.05) is 29.6 Å². The van der Waals surface area contributed by atoms with E-state index >= 15 is 0 Å². The van der Waals surface area contributed by atoms with Crippen molar-refractivity contribution in [3.05, 3.63) is 28.9 Å². The fourth-order valence-corrected chi connectivity index (χ4v) is 3.04. The number of nitrogens with zero attached hydrogens (tertiary/aromatic N) is 1. The molecule has 0 amide bonds. The van der Waals surface area contributed by atoms with E-state index in [4.69, 9.17) is 4.42 Å². The molecule has 1 aromatic heterocycles. The minimum Gasteiger partial charge on any atom is -0.440 e. The van der Waals surface area contributed by atoms with Crippen molar-refractivity contribution in [3.63, 3.8) is 0 Å². The first-order valence-electron chi connectivity index (χ1n) is 7.88. The largest absolute Gasteiger partial charge is 0.440 e. The Balaban J connectivity index is 1.89. The number of hydrogen-bond acceptors (Lipinski definition) is 3. The molecule has 0 aliphatic heterocycles. The molecule has 1 fully saturated rings. The van der Waals surface area contributed by atoms with E-state index in [1.54, 1.807) is 6.92 Å². The molecule has 1 aliphatic rings. The minimum absolute atomic E-state index is 0.167. The Bertz CT molecular complexity index is 642. The summed E-state index contributed by atoms with van der Waals surface area (Å²) >= 11 is 0. The number of aromatic nitrogens is 1. The maximum absolute atomic E-state index is 14.5. The van der Waals surface area contributed by atoms with E-state index in [2.05, 4.69) is 10.3 Å². The first-order chi connectivity index (χ1) is 10.1. The Kier molecular flexibility index (Phi) is 3.98. The van der Waals surface area contributed by atoms with E-state index in [0.29, 0.717) is 35.2 Å². The van der Waals surface area contributed by atoms with E-state index in [1.807, 2.05) is 19.9 Å². The van der Waals surface area contributed by atoms with Gasteiger partial charge >= 0.3 is 0 Å². The van der Waals surface area contributed by atoms with Gasteiger partial charge in [-0.1, -0.05) is 26.7 Å². The third-order valence-electron chi connectivity index (χ3n) is 4.36. The maximum Gasteiger partial charge on any atom is 0.198 e. The second-order valence-electron chi connectivity index (χ2n) is 6.39. The molecule has 0 spiro atoms. The van der Waals surface area contributed by atoms with Crippen molar-refractivity contribution in [1.29, 1.82) is 0 Å². The second kappa shape index (κ2) is 5.76. The van der Waals surface area contributed by atoms with Crippen molar-refractivity contribution in [2.75, 3.05) is 0 Å². The highest BCUT2D eigenvalue weighted by molar-refractivity contribution is 5.77. The van der Waals surface area contributed by atoms with Crippen molar-refractivity contribution in [2.24, 2.45) is 0 Å². The number of rotatable bonds is 4. The Labute approximate surface area is 124 Å². The van der Waals surface area contributed by atoms with E-state index in [-0.39, 0.29) is 11.7 Å². The lowest BCUT2D eigenvalue weighted by Crippen LogP contribution is -2.25. The van der Waals surface area contributed by atoms with Crippen LogP contribution in [-0.4, -0.2) is 11.0 Å². The highest BCUT2D eigenvalue weighted by Gasteiger charge is 2.19. The number of oxazole rings is 1. The van der Waals surface area contributed by atoms with Crippen LogP contribution in [0.1, 0.15) is 62.5 Å². The van der Waals surface area contributed by atoms with Crippen LogP contribution in [0.25, 0.3) is 11.1 Å². The van der Waals surface area contributed by atoms with Gasteiger partial charge in [-0.05, 0) is 25.8 Å². The Morgan fingerprint density at radius 1 is 1.38 bits per heavy atom. The summed E-state index contributed by atoms with van der Waals surface area (Å²) in [5.41, 5.74) is 2.60. The summed E-state index contributed by atoms with van der Waals surface area (Å²) in [5.74, 6) is 0.716. The van der Waals surface area contributed by atoms with Gasteiger partial charge in [0.15, 0.2) is 11.5 Å². The molecule has 3 rings (SSSR count). The van der Waals surface area contributed by atoms with Gasteiger partial charge in [-0.15, -0.1) is 0 Å². The molecule has 2 aromatic rings. The average molecular weight is 290 g/mol. The zero-order valence-electron chi connectivity index (χ0n) is 13.0. The van der Waals surface area contributed by atoms with Gasteiger partial charge in [-0.2, -0.15) is 0 Å². The number of halogens is 1. The molecular formula is C17H23FN2O. The predicted octanol–water partition coefficient (Wildman–Crippen LogP) is 4.43. The highest BCUT2D eigenvalue weighted by atomic mass is 19.1. The molecule has 0 radical (unpaired) electrons. The van der Waals surface area contributed by atoms with Crippen molar-refractivity contribution >= 4 is 11.1 Å². The Morgan fingerprint density at radius 2 is 2.10 bits per heavy atom. The molecule has 0 saturated heterocycles. The third-order valence-corrected chi connectivity index (χ3v) is 4.36. The lowest BCUT2D eigenvalue weighted by molar-refractivity contribution is 0.493. The first-order valence-corrected chi connectivity index (χ1v) is 7.88. The van der Waals surface area contributed by atoms with Crippen LogP contribution in [0.5, 0.6) is 0 Å². The summed E-state index contributed by atoms with van der Waals surface area (Å²) in [6, 6.07) is 2.36. The SMILES string of the molecule is Cc1c(F)c(CNC2CCCC2)cc2nc(C(C)C)oc12. The number of fused-ring (bicyclic) bond motifs is 1. The summed E-state index contributed by atoms with van der Waals surface area (Å²) in [7, 11) is 0. The quantitative estimate of drug-likeness (QED) is 0.905. The normalized spacial score (nSPS) is 16.4. The van der Waals surface area contributed by atoms with Crippen molar-refractivity contribution < 1.29 is 8.81 Å². The zero-order valence-corrected chi connectivity index (χ0v) is 13.0. The fourth-order valence-electron chi connectivity index (χ4n) is 3.04. The third kappa shape index (κ3) is 2.82. The lowest BCUT2D eigenvalue weighted by Gasteiger charge is -2.13. The van der Waals surface area contributed by atoms with Crippen molar-refractivity contribution in [1.82, 2.24) is 10.3 Å². The summed E-state index contributed by atoms with van der Waals surface area (Å²) in [5, 5.41) is 3.46. The Hall–Kier alpha value is -1.42. The first kappa shape index (κ1) is 14.5. The number of nitrogens with one attached hydrogen (secondary N) is 1. The minimum atomic E-state index is -0.167. The number of aryl methyl sites for hydroxylation is 1. The van der Waals surface area contributed by atoms with E-state index in [9.17, 15) is 4.39 Å². The van der Waals surface area contributed by atoms with Crippen LogP contribution < -0.4 is 5.32 Å². The summed E-state index contributed by atoms with van der Waals surface area (Å²) < 4.78 is 20.2. The van der Waals surface area contributed by atoms with Gasteiger partial charge in [0.2, 0.25) is 0 Å². The molecular weight excluding hydrogens is 267 g/mol. The molecule has 1 aromatic carbocycles. The van der Waals surface area contributed by atoms with Crippen molar-refractivity contribution in [2.45, 2.75) is 65.0 Å². The summed E-state index contributed by atoms with van der Waals surface area (Å²) in [6.07, 6.45) is 4.95. The molecule has 0 unspecified atom stereocenters. The molecule has 1 aliphatic carbocycles. The van der Waals surface area contributed by atoms with Gasteiger partial charge in [-0.25, -0.2) is 9.37 Å². The van der Waals surface area contributed by atoms with Crippen LogP contribution in [0.3, 0.4) is 0 Å². The van der Waals surface area contributed by atoms with E-state index < -0.39 is 0 Å². The van der Waals surface area contributed by atoms with E-state index in [0.717, 1.165) is 5.52 Å². The fraction of sp³-hybridized carbons (Fsp3) is 0.588. The smallest absolute Gasteiger partial charge is 0.198 e. The van der Waals surface area contributed by atoms with Gasteiger partial charge in [0.1, 0.15) is 11.3 Å².